The number of halogens is 1. The van der Waals surface area contributed by atoms with Gasteiger partial charge in [0.15, 0.2) is 5.67 Å². The molecule has 0 atom stereocenters. The smallest absolute Gasteiger partial charge is 0.157 e. The van der Waals surface area contributed by atoms with Gasteiger partial charge in [-0.3, -0.25) is 0 Å². The second-order valence-corrected chi connectivity index (χ2v) is 4.29. The lowest BCUT2D eigenvalue weighted by molar-refractivity contribution is -0.135. The van der Waals surface area contributed by atoms with E-state index in [1.54, 1.807) is 0 Å². The lowest BCUT2D eigenvalue weighted by Crippen LogP contribution is -2.45. The molecule has 1 aliphatic rings. The lowest BCUT2D eigenvalue weighted by atomic mass is 9.98. The maximum absolute atomic E-state index is 13.5. The molecule has 1 aromatic carbocycles. The Labute approximate surface area is 95.4 Å². The molecule has 0 bridgehead atoms. The van der Waals surface area contributed by atoms with Gasteiger partial charge in [-0.05, 0) is 18.4 Å². The first-order valence-electron chi connectivity index (χ1n) is 5.67. The van der Waals surface area contributed by atoms with Gasteiger partial charge in [-0.2, -0.15) is 0 Å². The number of hydrogen-bond acceptors (Lipinski definition) is 2. The third-order valence-electron chi connectivity index (χ3n) is 2.75. The maximum Gasteiger partial charge on any atom is 0.157 e. The SMILES string of the molecule is FC1(CCCOCc2ccccc2)COC1. The Morgan fingerprint density at radius 3 is 2.62 bits per heavy atom. The van der Waals surface area contributed by atoms with Crippen LogP contribution in [0.15, 0.2) is 30.3 Å². The molecule has 0 aliphatic carbocycles. The van der Waals surface area contributed by atoms with Gasteiger partial charge < -0.3 is 9.47 Å². The van der Waals surface area contributed by atoms with Crippen LogP contribution in [-0.4, -0.2) is 25.5 Å². The molecule has 1 fully saturated rings. The minimum Gasteiger partial charge on any atom is -0.377 e. The van der Waals surface area contributed by atoms with Crippen LogP contribution in [-0.2, 0) is 16.1 Å². The van der Waals surface area contributed by atoms with Crippen LogP contribution in [0.25, 0.3) is 0 Å². The first-order valence-corrected chi connectivity index (χ1v) is 5.67. The normalized spacial score (nSPS) is 18.1. The monoisotopic (exact) mass is 224 g/mol. The quantitative estimate of drug-likeness (QED) is 0.692. The van der Waals surface area contributed by atoms with Crippen molar-refractivity contribution in [1.29, 1.82) is 0 Å². The van der Waals surface area contributed by atoms with E-state index in [0.717, 1.165) is 12.0 Å². The van der Waals surface area contributed by atoms with Crippen molar-refractivity contribution in [1.82, 2.24) is 0 Å². The minimum atomic E-state index is -1.07. The van der Waals surface area contributed by atoms with Gasteiger partial charge in [-0.25, -0.2) is 4.39 Å². The standard InChI is InChI=1S/C13H17FO2/c14-13(10-16-11-13)7-4-8-15-9-12-5-2-1-3-6-12/h1-3,5-6H,4,7-11H2. The van der Waals surface area contributed by atoms with Gasteiger partial charge in [0, 0.05) is 6.61 Å². The summed E-state index contributed by atoms with van der Waals surface area (Å²) in [5.41, 5.74) is 0.0836. The number of hydrogen-bond donors (Lipinski definition) is 0. The molecule has 2 nitrogen and oxygen atoms in total. The van der Waals surface area contributed by atoms with E-state index >= 15 is 0 Å². The first kappa shape index (κ1) is 11.6. The van der Waals surface area contributed by atoms with Crippen molar-refractivity contribution in [2.45, 2.75) is 25.1 Å². The molecule has 0 amide bonds. The van der Waals surface area contributed by atoms with Gasteiger partial charge in [0.2, 0.25) is 0 Å². The van der Waals surface area contributed by atoms with E-state index < -0.39 is 5.67 Å². The lowest BCUT2D eigenvalue weighted by Gasteiger charge is -2.33. The van der Waals surface area contributed by atoms with Crippen molar-refractivity contribution in [2.24, 2.45) is 0 Å². The van der Waals surface area contributed by atoms with E-state index in [0.29, 0.717) is 19.6 Å². The van der Waals surface area contributed by atoms with Crippen LogP contribution in [0.2, 0.25) is 0 Å². The van der Waals surface area contributed by atoms with E-state index in [1.807, 2.05) is 30.3 Å². The molecule has 1 heterocycles. The molecule has 1 aliphatic heterocycles. The maximum atomic E-state index is 13.5. The van der Waals surface area contributed by atoms with E-state index in [-0.39, 0.29) is 13.2 Å². The number of benzene rings is 1. The first-order chi connectivity index (χ1) is 7.79. The molecular formula is C13H17FO2. The zero-order valence-corrected chi connectivity index (χ0v) is 9.32. The minimum absolute atomic E-state index is 0.256. The fourth-order valence-electron chi connectivity index (χ4n) is 1.72. The van der Waals surface area contributed by atoms with Gasteiger partial charge in [0.05, 0.1) is 19.8 Å². The number of ether oxygens (including phenoxy) is 2. The van der Waals surface area contributed by atoms with Gasteiger partial charge in [0.1, 0.15) is 0 Å². The molecule has 1 saturated heterocycles. The van der Waals surface area contributed by atoms with Crippen molar-refractivity contribution in [2.75, 3.05) is 19.8 Å². The fourth-order valence-corrected chi connectivity index (χ4v) is 1.72. The summed E-state index contributed by atoms with van der Waals surface area (Å²) in [5.74, 6) is 0. The van der Waals surface area contributed by atoms with E-state index in [1.165, 1.54) is 0 Å². The summed E-state index contributed by atoms with van der Waals surface area (Å²) >= 11 is 0. The third-order valence-corrected chi connectivity index (χ3v) is 2.75. The van der Waals surface area contributed by atoms with E-state index in [2.05, 4.69) is 0 Å². The zero-order valence-electron chi connectivity index (χ0n) is 9.32. The van der Waals surface area contributed by atoms with Crippen LogP contribution in [0, 0.1) is 0 Å². The van der Waals surface area contributed by atoms with Crippen molar-refractivity contribution >= 4 is 0 Å². The summed E-state index contributed by atoms with van der Waals surface area (Å²) in [6, 6.07) is 10.0. The third kappa shape index (κ3) is 3.29. The van der Waals surface area contributed by atoms with Crippen LogP contribution in [0.4, 0.5) is 4.39 Å². The number of alkyl halides is 1. The second-order valence-electron chi connectivity index (χ2n) is 4.29. The van der Waals surface area contributed by atoms with Crippen molar-refractivity contribution in [3.8, 4) is 0 Å². The molecule has 88 valence electrons. The molecule has 1 aromatic rings. The Hall–Kier alpha value is -0.930. The highest BCUT2D eigenvalue weighted by Crippen LogP contribution is 2.26. The summed E-state index contributed by atoms with van der Waals surface area (Å²) in [7, 11) is 0. The molecule has 0 radical (unpaired) electrons. The van der Waals surface area contributed by atoms with Crippen LogP contribution in [0.1, 0.15) is 18.4 Å². The molecule has 16 heavy (non-hydrogen) atoms. The molecule has 0 spiro atoms. The second kappa shape index (κ2) is 5.41. The van der Waals surface area contributed by atoms with Crippen LogP contribution in [0.3, 0.4) is 0 Å². The predicted molar refractivity (Wildman–Crippen MR) is 60.0 cm³/mol. The van der Waals surface area contributed by atoms with E-state index in [9.17, 15) is 4.39 Å². The van der Waals surface area contributed by atoms with Crippen molar-refractivity contribution in [3.05, 3.63) is 35.9 Å². The Bertz CT molecular complexity index is 309. The Kier molecular flexibility index (Phi) is 3.91. The van der Waals surface area contributed by atoms with Crippen molar-refractivity contribution < 1.29 is 13.9 Å². The highest BCUT2D eigenvalue weighted by Gasteiger charge is 2.37. The van der Waals surface area contributed by atoms with Crippen LogP contribution in [0.5, 0.6) is 0 Å². The summed E-state index contributed by atoms with van der Waals surface area (Å²) < 4.78 is 23.8. The van der Waals surface area contributed by atoms with Gasteiger partial charge in [0.25, 0.3) is 0 Å². The van der Waals surface area contributed by atoms with Gasteiger partial charge in [-0.1, -0.05) is 30.3 Å². The largest absolute Gasteiger partial charge is 0.377 e. The summed E-state index contributed by atoms with van der Waals surface area (Å²) in [6.07, 6.45) is 1.30. The van der Waals surface area contributed by atoms with E-state index in [4.69, 9.17) is 9.47 Å². The van der Waals surface area contributed by atoms with Crippen LogP contribution >= 0.6 is 0 Å². The molecule has 3 heteroatoms. The Balaban J connectivity index is 1.55. The highest BCUT2D eigenvalue weighted by atomic mass is 19.1. The highest BCUT2D eigenvalue weighted by molar-refractivity contribution is 5.13. The average molecular weight is 224 g/mol. The molecule has 0 N–H and O–H groups in total. The van der Waals surface area contributed by atoms with Gasteiger partial charge in [-0.15, -0.1) is 0 Å². The molecular weight excluding hydrogens is 207 g/mol. The Morgan fingerprint density at radius 1 is 1.25 bits per heavy atom. The molecule has 0 saturated carbocycles. The van der Waals surface area contributed by atoms with Crippen molar-refractivity contribution in [3.63, 3.8) is 0 Å². The molecule has 2 rings (SSSR count). The molecule has 0 aromatic heterocycles. The van der Waals surface area contributed by atoms with Gasteiger partial charge >= 0.3 is 0 Å². The summed E-state index contributed by atoms with van der Waals surface area (Å²) in [4.78, 5) is 0. The predicted octanol–water partition coefficient (Wildman–Crippen LogP) is 2.72. The fraction of sp³-hybridized carbons (Fsp3) is 0.538. The van der Waals surface area contributed by atoms with Crippen LogP contribution < -0.4 is 0 Å². The molecule has 0 unspecified atom stereocenters. The number of rotatable bonds is 6. The topological polar surface area (TPSA) is 18.5 Å². The summed E-state index contributed by atoms with van der Waals surface area (Å²) in [6.45, 7) is 1.73. The zero-order chi connectivity index (χ0) is 11.3. The average Bonchev–Trinajstić information content (AvgIpc) is 2.28. The Morgan fingerprint density at radius 2 is 2.00 bits per heavy atom. The summed E-state index contributed by atoms with van der Waals surface area (Å²) in [5, 5.41) is 0.